The summed E-state index contributed by atoms with van der Waals surface area (Å²) in [6, 6.07) is 42.7. The fourth-order valence-corrected chi connectivity index (χ4v) is 6.81. The third-order valence-corrected chi connectivity index (χ3v) is 8.32. The van der Waals surface area contributed by atoms with Crippen molar-refractivity contribution < 1.29 is 0 Å². The Labute approximate surface area is 214 Å². The van der Waals surface area contributed by atoms with E-state index in [1.165, 1.54) is 48.7 Å². The monoisotopic (exact) mass is 485 g/mol. The maximum Gasteiger partial charge on any atom is 0.0864 e. The van der Waals surface area contributed by atoms with Crippen LogP contribution < -0.4 is 0 Å². The summed E-state index contributed by atoms with van der Waals surface area (Å²) in [6.45, 7) is 0. The molecule has 6 aromatic rings. The van der Waals surface area contributed by atoms with E-state index in [-0.39, 0.29) is 0 Å². The highest BCUT2D eigenvalue weighted by Gasteiger charge is 2.21. The predicted molar refractivity (Wildman–Crippen MR) is 151 cm³/mol. The number of rotatable bonds is 6. The molecule has 0 atom stereocenters. The molecule has 0 aliphatic carbocycles. The summed E-state index contributed by atoms with van der Waals surface area (Å²) in [5, 5.41) is 3.46. The molecule has 35 heavy (non-hydrogen) atoms. The lowest BCUT2D eigenvalue weighted by Gasteiger charge is -2.10. The van der Waals surface area contributed by atoms with Gasteiger partial charge in [0.05, 0.1) is 9.24 Å². The third-order valence-electron chi connectivity index (χ3n) is 6.09. The largest absolute Gasteiger partial charge is 0.355 e. The molecule has 0 unspecified atom stereocenters. The van der Waals surface area contributed by atoms with Gasteiger partial charge in [-0.15, -0.1) is 11.3 Å². The topological polar surface area (TPSA) is 15.8 Å². The molecule has 168 valence electrons. The van der Waals surface area contributed by atoms with Crippen LogP contribution >= 0.6 is 23.1 Å². The van der Waals surface area contributed by atoms with Crippen molar-refractivity contribution in [3.8, 4) is 44.5 Å². The maximum absolute atomic E-state index is 3.62. The average Bonchev–Trinajstić information content (AvgIpc) is 3.55. The highest BCUT2D eigenvalue weighted by Crippen LogP contribution is 2.49. The maximum atomic E-state index is 3.62. The SMILES string of the molecule is c1ccc(-c2c[nH]c(Sc3scc(-c4ccccc4)c3-c3ccccc3)c2-c2ccccc2)cc1. The number of aromatic nitrogens is 1. The van der Waals surface area contributed by atoms with Crippen molar-refractivity contribution in [2.45, 2.75) is 9.24 Å². The number of H-pyrrole nitrogens is 1. The Hall–Kier alpha value is -3.79. The van der Waals surface area contributed by atoms with Crippen molar-refractivity contribution in [3.05, 3.63) is 133 Å². The van der Waals surface area contributed by atoms with Gasteiger partial charge in [-0.1, -0.05) is 133 Å². The molecule has 1 nitrogen and oxygen atoms in total. The molecule has 2 heterocycles. The molecule has 2 aromatic heterocycles. The van der Waals surface area contributed by atoms with Crippen LogP contribution in [0.1, 0.15) is 0 Å². The first-order valence-electron chi connectivity index (χ1n) is 11.6. The van der Waals surface area contributed by atoms with E-state index in [0.717, 1.165) is 5.03 Å². The van der Waals surface area contributed by atoms with Crippen LogP contribution in [0.15, 0.2) is 142 Å². The minimum atomic E-state index is 1.16. The van der Waals surface area contributed by atoms with Gasteiger partial charge in [0.15, 0.2) is 0 Å². The Morgan fingerprint density at radius 2 is 0.943 bits per heavy atom. The summed E-state index contributed by atoms with van der Waals surface area (Å²) in [4.78, 5) is 3.62. The van der Waals surface area contributed by atoms with Gasteiger partial charge in [0.25, 0.3) is 0 Å². The van der Waals surface area contributed by atoms with Gasteiger partial charge >= 0.3 is 0 Å². The average molecular weight is 486 g/mol. The van der Waals surface area contributed by atoms with Gasteiger partial charge in [0.1, 0.15) is 0 Å². The van der Waals surface area contributed by atoms with Gasteiger partial charge in [-0.2, -0.15) is 0 Å². The molecular formula is C32H23NS2. The molecule has 1 N–H and O–H groups in total. The Morgan fingerprint density at radius 1 is 0.486 bits per heavy atom. The number of thiophene rings is 1. The second-order valence-corrected chi connectivity index (χ2v) is 10.4. The predicted octanol–water partition coefficient (Wildman–Crippen LogP) is 9.90. The fraction of sp³-hybridized carbons (Fsp3) is 0. The van der Waals surface area contributed by atoms with Gasteiger partial charge in [0.2, 0.25) is 0 Å². The van der Waals surface area contributed by atoms with Gasteiger partial charge in [0, 0.05) is 33.8 Å². The van der Waals surface area contributed by atoms with E-state index in [4.69, 9.17) is 0 Å². The third kappa shape index (κ3) is 4.37. The quantitative estimate of drug-likeness (QED) is 0.248. The summed E-state index contributed by atoms with van der Waals surface area (Å²) < 4.78 is 1.29. The minimum absolute atomic E-state index is 1.16. The Bertz CT molecular complexity index is 1410. The first kappa shape index (κ1) is 21.7. The standard InChI is InChI=1S/C32H23NS2/c1-5-13-23(14-6-1)27-21-33-31(29(27)25-17-9-3-10-18-25)35-32-30(26-19-11-4-12-20-26)28(22-34-32)24-15-7-2-8-16-24/h1-22,33H. The van der Waals surface area contributed by atoms with Gasteiger partial charge in [-0.25, -0.2) is 0 Å². The van der Waals surface area contributed by atoms with E-state index < -0.39 is 0 Å². The van der Waals surface area contributed by atoms with Crippen molar-refractivity contribution in [2.75, 3.05) is 0 Å². The van der Waals surface area contributed by atoms with Gasteiger partial charge < -0.3 is 4.98 Å². The summed E-state index contributed by atoms with van der Waals surface area (Å²) >= 11 is 3.64. The molecule has 0 saturated heterocycles. The van der Waals surface area contributed by atoms with E-state index in [1.54, 1.807) is 0 Å². The molecule has 0 spiro atoms. The van der Waals surface area contributed by atoms with Crippen LogP contribution in [0.5, 0.6) is 0 Å². The van der Waals surface area contributed by atoms with Crippen LogP contribution in [0.2, 0.25) is 0 Å². The Morgan fingerprint density at radius 3 is 1.49 bits per heavy atom. The number of hydrogen-bond donors (Lipinski definition) is 1. The van der Waals surface area contributed by atoms with Crippen LogP contribution in [-0.2, 0) is 0 Å². The van der Waals surface area contributed by atoms with Crippen LogP contribution in [0.4, 0.5) is 0 Å². The van der Waals surface area contributed by atoms with Crippen LogP contribution in [0, 0.1) is 0 Å². The van der Waals surface area contributed by atoms with E-state index in [9.17, 15) is 0 Å². The second-order valence-electron chi connectivity index (χ2n) is 8.28. The molecule has 0 aliphatic rings. The molecule has 0 aliphatic heterocycles. The van der Waals surface area contributed by atoms with Gasteiger partial charge in [-0.05, 0) is 22.3 Å². The second kappa shape index (κ2) is 9.83. The van der Waals surface area contributed by atoms with E-state index in [1.807, 2.05) is 23.1 Å². The summed E-state index contributed by atoms with van der Waals surface area (Å²) in [6.07, 6.45) is 2.15. The molecule has 0 saturated carbocycles. The molecule has 6 rings (SSSR count). The Balaban J connectivity index is 1.50. The zero-order chi connectivity index (χ0) is 23.5. The molecule has 0 fully saturated rings. The zero-order valence-electron chi connectivity index (χ0n) is 19.0. The van der Waals surface area contributed by atoms with E-state index >= 15 is 0 Å². The molecule has 4 aromatic carbocycles. The molecule has 0 amide bonds. The lowest BCUT2D eigenvalue weighted by atomic mass is 9.99. The smallest absolute Gasteiger partial charge is 0.0864 e. The molecular weight excluding hydrogens is 462 g/mol. The summed E-state index contributed by atoms with van der Waals surface area (Å²) in [5.41, 5.74) is 9.96. The molecule has 0 bridgehead atoms. The van der Waals surface area contributed by atoms with Crippen molar-refractivity contribution in [1.29, 1.82) is 0 Å². The summed E-state index contributed by atoms with van der Waals surface area (Å²) in [7, 11) is 0. The summed E-state index contributed by atoms with van der Waals surface area (Å²) in [5.74, 6) is 0. The molecule has 0 radical (unpaired) electrons. The van der Waals surface area contributed by atoms with Crippen molar-refractivity contribution in [2.24, 2.45) is 0 Å². The van der Waals surface area contributed by atoms with Crippen LogP contribution in [0.3, 0.4) is 0 Å². The van der Waals surface area contributed by atoms with Crippen molar-refractivity contribution in [3.63, 3.8) is 0 Å². The lowest BCUT2D eigenvalue weighted by molar-refractivity contribution is 1.21. The number of benzene rings is 4. The van der Waals surface area contributed by atoms with Crippen molar-refractivity contribution >= 4 is 23.1 Å². The highest BCUT2D eigenvalue weighted by molar-refractivity contribution is 8.01. The van der Waals surface area contributed by atoms with E-state index in [2.05, 4.69) is 138 Å². The van der Waals surface area contributed by atoms with E-state index in [0.29, 0.717) is 0 Å². The fourth-order valence-electron chi connectivity index (χ4n) is 4.44. The van der Waals surface area contributed by atoms with Crippen LogP contribution in [0.25, 0.3) is 44.5 Å². The number of hydrogen-bond acceptors (Lipinski definition) is 2. The number of aromatic amines is 1. The lowest BCUT2D eigenvalue weighted by Crippen LogP contribution is -1.85. The van der Waals surface area contributed by atoms with Crippen molar-refractivity contribution in [1.82, 2.24) is 4.98 Å². The Kier molecular flexibility index (Phi) is 6.10. The highest BCUT2D eigenvalue weighted by atomic mass is 32.2. The van der Waals surface area contributed by atoms with Gasteiger partial charge in [-0.3, -0.25) is 0 Å². The van der Waals surface area contributed by atoms with Crippen LogP contribution in [-0.4, -0.2) is 4.98 Å². The first-order chi connectivity index (χ1) is 17.4. The number of nitrogens with one attached hydrogen (secondary N) is 1. The minimum Gasteiger partial charge on any atom is -0.355 e. The normalized spacial score (nSPS) is 11.0. The first-order valence-corrected chi connectivity index (χ1v) is 13.3. The zero-order valence-corrected chi connectivity index (χ0v) is 20.7. The molecule has 3 heteroatoms.